The first-order chi connectivity index (χ1) is 15.0. The largest absolute Gasteiger partial charge is 0.486 e. The molecule has 0 radical (unpaired) electrons. The zero-order chi connectivity index (χ0) is 22.2. The van der Waals surface area contributed by atoms with Crippen LogP contribution in [0.2, 0.25) is 0 Å². The first-order valence-electron chi connectivity index (χ1n) is 10.2. The fourth-order valence-corrected chi connectivity index (χ4v) is 3.99. The van der Waals surface area contributed by atoms with Crippen LogP contribution in [-0.2, 0) is 17.9 Å². The van der Waals surface area contributed by atoms with E-state index < -0.39 is 0 Å². The van der Waals surface area contributed by atoms with Gasteiger partial charge in [0.05, 0.1) is 11.8 Å². The van der Waals surface area contributed by atoms with Crippen LogP contribution in [-0.4, -0.2) is 38.4 Å². The Balaban J connectivity index is 1.63. The lowest BCUT2D eigenvalue weighted by atomic mass is 10.1. The quantitative estimate of drug-likeness (QED) is 0.342. The summed E-state index contributed by atoms with van der Waals surface area (Å²) in [6, 6.07) is 17.9. The van der Waals surface area contributed by atoms with Gasteiger partial charge in [-0.3, -0.25) is 9.36 Å². The molecule has 0 bridgehead atoms. The van der Waals surface area contributed by atoms with Crippen LogP contribution in [0.1, 0.15) is 29.9 Å². The maximum atomic E-state index is 12.8. The van der Waals surface area contributed by atoms with Crippen LogP contribution in [0.25, 0.3) is 0 Å². The smallest absolute Gasteiger partial charge is 0.233 e. The number of amides is 1. The summed E-state index contributed by atoms with van der Waals surface area (Å²) in [4.78, 5) is 14.5. The molecule has 6 nitrogen and oxygen atoms in total. The Labute approximate surface area is 187 Å². The number of carbonyl (C=O) groups excluding carboxylic acids is 1. The first kappa shape index (κ1) is 22.6. The van der Waals surface area contributed by atoms with Gasteiger partial charge in [-0.15, -0.1) is 16.8 Å². The highest BCUT2D eigenvalue weighted by Gasteiger charge is 2.19. The fourth-order valence-electron chi connectivity index (χ4n) is 3.10. The molecule has 0 saturated carbocycles. The van der Waals surface area contributed by atoms with Crippen molar-refractivity contribution in [2.24, 2.45) is 0 Å². The van der Waals surface area contributed by atoms with Crippen molar-refractivity contribution in [3.8, 4) is 5.75 Å². The summed E-state index contributed by atoms with van der Waals surface area (Å²) in [6.07, 6.45) is 1.79. The molecule has 1 atom stereocenters. The van der Waals surface area contributed by atoms with Gasteiger partial charge in [0.1, 0.15) is 12.4 Å². The van der Waals surface area contributed by atoms with Gasteiger partial charge in [-0.1, -0.05) is 60.3 Å². The number of allylic oxidation sites excluding steroid dienone is 1. The minimum absolute atomic E-state index is 0.00126. The second-order valence-corrected chi connectivity index (χ2v) is 8.23. The average Bonchev–Trinajstić information content (AvgIpc) is 3.17. The number of aromatic nitrogens is 3. The van der Waals surface area contributed by atoms with E-state index in [0.29, 0.717) is 24.1 Å². The summed E-state index contributed by atoms with van der Waals surface area (Å²) in [5, 5.41) is 9.23. The summed E-state index contributed by atoms with van der Waals surface area (Å²) in [7, 11) is 1.83. The van der Waals surface area contributed by atoms with Crippen LogP contribution in [0.4, 0.5) is 0 Å². The lowest BCUT2D eigenvalue weighted by molar-refractivity contribution is -0.128. The van der Waals surface area contributed by atoms with Gasteiger partial charge in [0, 0.05) is 13.6 Å². The molecule has 0 unspecified atom stereocenters. The van der Waals surface area contributed by atoms with Crippen molar-refractivity contribution in [1.82, 2.24) is 19.7 Å². The molecule has 1 amide bonds. The van der Waals surface area contributed by atoms with Gasteiger partial charge in [-0.25, -0.2) is 0 Å². The van der Waals surface area contributed by atoms with Crippen LogP contribution in [0.5, 0.6) is 5.75 Å². The van der Waals surface area contributed by atoms with E-state index >= 15 is 0 Å². The number of hydrogen-bond donors (Lipinski definition) is 0. The summed E-state index contributed by atoms with van der Waals surface area (Å²) in [5.74, 6) is 1.80. The number of carbonyl (C=O) groups is 1. The third-order valence-corrected chi connectivity index (χ3v) is 6.00. The molecule has 3 rings (SSSR count). The maximum Gasteiger partial charge on any atom is 0.233 e. The molecule has 7 heteroatoms. The normalized spacial score (nSPS) is 11.7. The van der Waals surface area contributed by atoms with Crippen molar-refractivity contribution in [3.63, 3.8) is 0 Å². The van der Waals surface area contributed by atoms with E-state index in [9.17, 15) is 4.79 Å². The van der Waals surface area contributed by atoms with Crippen molar-refractivity contribution < 1.29 is 9.53 Å². The van der Waals surface area contributed by atoms with Gasteiger partial charge < -0.3 is 9.64 Å². The molecule has 0 aliphatic heterocycles. The highest BCUT2D eigenvalue weighted by atomic mass is 32.2. The monoisotopic (exact) mass is 436 g/mol. The van der Waals surface area contributed by atoms with Crippen molar-refractivity contribution in [3.05, 3.63) is 84.2 Å². The highest BCUT2D eigenvalue weighted by Crippen LogP contribution is 2.23. The Kier molecular flexibility index (Phi) is 7.89. The van der Waals surface area contributed by atoms with E-state index in [4.69, 9.17) is 4.74 Å². The second-order valence-electron chi connectivity index (χ2n) is 7.28. The Bertz CT molecular complexity index is 1020. The molecule has 31 heavy (non-hydrogen) atoms. The molecular formula is C24H28N4O2S. The molecule has 1 heterocycles. The van der Waals surface area contributed by atoms with Crippen LogP contribution < -0.4 is 4.74 Å². The van der Waals surface area contributed by atoms with Crippen molar-refractivity contribution >= 4 is 17.7 Å². The molecule has 162 valence electrons. The van der Waals surface area contributed by atoms with E-state index in [1.807, 2.05) is 80.1 Å². The van der Waals surface area contributed by atoms with Crippen LogP contribution >= 0.6 is 11.8 Å². The standard InChI is InChI=1S/C24H28N4O2S/c1-5-14-28-22(16-30-21-13-9-10-18(2)15-21)25-26-24(28)31-17-23(29)27(4)19(3)20-11-7-6-8-12-20/h5-13,15,19H,1,14,16-17H2,2-4H3/t19-/m0/s1. The molecule has 1 aromatic heterocycles. The van der Waals surface area contributed by atoms with Gasteiger partial charge in [-0.2, -0.15) is 0 Å². The lowest BCUT2D eigenvalue weighted by Crippen LogP contribution is -2.31. The van der Waals surface area contributed by atoms with Crippen molar-refractivity contribution in [2.75, 3.05) is 12.8 Å². The van der Waals surface area contributed by atoms with Gasteiger partial charge in [-0.05, 0) is 37.1 Å². The van der Waals surface area contributed by atoms with Gasteiger partial charge in [0.25, 0.3) is 0 Å². The van der Waals surface area contributed by atoms with Gasteiger partial charge in [0.15, 0.2) is 11.0 Å². The Morgan fingerprint density at radius 1 is 1.23 bits per heavy atom. The number of ether oxygens (including phenoxy) is 1. The van der Waals surface area contributed by atoms with Crippen molar-refractivity contribution in [1.29, 1.82) is 0 Å². The zero-order valence-corrected chi connectivity index (χ0v) is 19.0. The topological polar surface area (TPSA) is 60.2 Å². The van der Waals surface area contributed by atoms with Crippen LogP contribution in [0.3, 0.4) is 0 Å². The SMILES string of the molecule is C=CCn1c(COc2cccc(C)c2)nnc1SCC(=O)N(C)[C@@H](C)c1ccccc1. The molecular weight excluding hydrogens is 408 g/mol. The Hall–Kier alpha value is -3.06. The van der Waals surface area contributed by atoms with Crippen LogP contribution in [0.15, 0.2) is 72.4 Å². The number of aryl methyl sites for hydroxylation is 1. The van der Waals surface area contributed by atoms with E-state index in [1.54, 1.807) is 11.0 Å². The Morgan fingerprint density at radius 3 is 2.71 bits per heavy atom. The molecule has 3 aromatic rings. The molecule has 0 aliphatic rings. The number of rotatable bonds is 10. The average molecular weight is 437 g/mol. The predicted molar refractivity (Wildman–Crippen MR) is 124 cm³/mol. The molecule has 0 fully saturated rings. The summed E-state index contributed by atoms with van der Waals surface area (Å²) < 4.78 is 7.81. The lowest BCUT2D eigenvalue weighted by Gasteiger charge is -2.25. The zero-order valence-electron chi connectivity index (χ0n) is 18.2. The van der Waals surface area contributed by atoms with Crippen LogP contribution in [0, 0.1) is 6.92 Å². The number of hydrogen-bond acceptors (Lipinski definition) is 5. The third-order valence-electron chi connectivity index (χ3n) is 5.04. The molecule has 0 N–H and O–H groups in total. The van der Waals surface area contributed by atoms with E-state index in [0.717, 1.165) is 16.9 Å². The highest BCUT2D eigenvalue weighted by molar-refractivity contribution is 7.99. The predicted octanol–water partition coefficient (Wildman–Crippen LogP) is 4.66. The third kappa shape index (κ3) is 5.98. The summed E-state index contributed by atoms with van der Waals surface area (Å²) in [6.45, 7) is 8.72. The van der Waals surface area contributed by atoms with Gasteiger partial charge in [0.2, 0.25) is 5.91 Å². The fraction of sp³-hybridized carbons (Fsp3) is 0.292. The minimum Gasteiger partial charge on any atom is -0.486 e. The Morgan fingerprint density at radius 2 is 2.00 bits per heavy atom. The summed E-state index contributed by atoms with van der Waals surface area (Å²) >= 11 is 1.38. The van der Waals surface area contributed by atoms with E-state index in [1.165, 1.54) is 11.8 Å². The number of nitrogens with zero attached hydrogens (tertiary/aromatic N) is 4. The number of benzene rings is 2. The second kappa shape index (κ2) is 10.8. The van der Waals surface area contributed by atoms with E-state index in [-0.39, 0.29) is 17.7 Å². The van der Waals surface area contributed by atoms with E-state index in [2.05, 4.69) is 16.8 Å². The molecule has 0 spiro atoms. The first-order valence-corrected chi connectivity index (χ1v) is 11.1. The van der Waals surface area contributed by atoms with Crippen molar-refractivity contribution in [2.45, 2.75) is 38.2 Å². The number of thioether (sulfide) groups is 1. The molecule has 0 aliphatic carbocycles. The molecule has 2 aromatic carbocycles. The summed E-state index contributed by atoms with van der Waals surface area (Å²) in [5.41, 5.74) is 2.24. The minimum atomic E-state index is -0.00126. The maximum absolute atomic E-state index is 12.8. The molecule has 0 saturated heterocycles. The van der Waals surface area contributed by atoms with Gasteiger partial charge >= 0.3 is 0 Å².